The topological polar surface area (TPSA) is 75.8 Å². The second-order valence-corrected chi connectivity index (χ2v) is 7.52. The van der Waals surface area contributed by atoms with Crippen LogP contribution >= 0.6 is 12.4 Å². The lowest BCUT2D eigenvalue weighted by Crippen LogP contribution is -2.56. The summed E-state index contributed by atoms with van der Waals surface area (Å²) in [6.45, 7) is 8.99. The number of phenols is 1. The number of nitrogens with two attached hydrogens (primary N) is 1. The van der Waals surface area contributed by atoms with Crippen molar-refractivity contribution in [2.24, 2.45) is 5.73 Å². The average Bonchev–Trinajstić information content (AvgIpc) is 2.57. The van der Waals surface area contributed by atoms with Gasteiger partial charge in [0.2, 0.25) is 0 Å². The third kappa shape index (κ3) is 3.32. The quantitative estimate of drug-likeness (QED) is 0.799. The Labute approximate surface area is 155 Å². The van der Waals surface area contributed by atoms with Gasteiger partial charge in [0, 0.05) is 31.1 Å². The Bertz CT molecular complexity index is 692. The number of aromatic hydroxyl groups is 1. The molecular formula is C19H29ClN2O3. The molecule has 0 spiro atoms. The maximum Gasteiger partial charge on any atom is 0.266 e. The molecule has 6 heteroatoms. The normalized spacial score (nSPS) is 25.6. The van der Waals surface area contributed by atoms with Crippen LogP contribution in [-0.2, 0) is 11.2 Å². The van der Waals surface area contributed by atoms with Gasteiger partial charge in [0.25, 0.3) is 5.91 Å². The molecule has 0 saturated carbocycles. The van der Waals surface area contributed by atoms with Crippen LogP contribution in [0.4, 0.5) is 0 Å². The number of likely N-dealkylation sites (tertiary alicyclic amines) is 1. The van der Waals surface area contributed by atoms with Crippen LogP contribution in [0.3, 0.4) is 0 Å². The van der Waals surface area contributed by atoms with Crippen molar-refractivity contribution in [1.29, 1.82) is 0 Å². The molecule has 0 radical (unpaired) electrons. The van der Waals surface area contributed by atoms with Crippen molar-refractivity contribution in [3.05, 3.63) is 22.3 Å². The van der Waals surface area contributed by atoms with Crippen molar-refractivity contribution in [3.8, 4) is 11.5 Å². The predicted molar refractivity (Wildman–Crippen MR) is 101 cm³/mol. The molecular weight excluding hydrogens is 340 g/mol. The summed E-state index contributed by atoms with van der Waals surface area (Å²) in [7, 11) is 0. The molecule has 1 fully saturated rings. The first-order valence-electron chi connectivity index (χ1n) is 8.80. The van der Waals surface area contributed by atoms with E-state index in [1.165, 1.54) is 0 Å². The van der Waals surface area contributed by atoms with E-state index < -0.39 is 5.60 Å². The van der Waals surface area contributed by atoms with Gasteiger partial charge in [-0.3, -0.25) is 4.79 Å². The number of carbonyl (C=O) groups excluding carboxylic acids is 1. The summed E-state index contributed by atoms with van der Waals surface area (Å²) in [4.78, 5) is 14.9. The van der Waals surface area contributed by atoms with E-state index in [1.54, 1.807) is 0 Å². The second kappa shape index (κ2) is 7.04. The van der Waals surface area contributed by atoms with Crippen molar-refractivity contribution >= 4 is 18.3 Å². The number of rotatable bonds is 1. The first kappa shape index (κ1) is 19.9. The second-order valence-electron chi connectivity index (χ2n) is 7.52. The minimum atomic E-state index is -0.856. The molecule has 0 bridgehead atoms. The molecule has 25 heavy (non-hydrogen) atoms. The van der Waals surface area contributed by atoms with Crippen LogP contribution in [-0.4, -0.2) is 40.6 Å². The van der Waals surface area contributed by atoms with Crippen molar-refractivity contribution in [3.63, 3.8) is 0 Å². The van der Waals surface area contributed by atoms with E-state index in [1.807, 2.05) is 32.6 Å². The van der Waals surface area contributed by atoms with E-state index in [-0.39, 0.29) is 24.4 Å². The van der Waals surface area contributed by atoms with Gasteiger partial charge in [-0.2, -0.15) is 0 Å². The molecule has 2 atom stereocenters. The number of benzene rings is 1. The van der Waals surface area contributed by atoms with Crippen LogP contribution in [0.2, 0.25) is 0 Å². The fraction of sp³-hybridized carbons (Fsp3) is 0.632. The van der Waals surface area contributed by atoms with E-state index in [4.69, 9.17) is 10.5 Å². The van der Waals surface area contributed by atoms with Gasteiger partial charge in [-0.25, -0.2) is 0 Å². The molecule has 1 saturated heterocycles. The minimum Gasteiger partial charge on any atom is -0.507 e. The molecule has 1 aromatic carbocycles. The number of fused-ring (bicyclic) bond motifs is 1. The fourth-order valence-electron chi connectivity index (χ4n) is 3.93. The number of halogens is 1. The molecule has 1 amide bonds. The van der Waals surface area contributed by atoms with Crippen LogP contribution in [0.25, 0.3) is 0 Å². The van der Waals surface area contributed by atoms with Gasteiger partial charge < -0.3 is 20.5 Å². The van der Waals surface area contributed by atoms with Crippen molar-refractivity contribution in [1.82, 2.24) is 4.90 Å². The summed E-state index contributed by atoms with van der Waals surface area (Å²) in [5, 5.41) is 10.3. The van der Waals surface area contributed by atoms with Gasteiger partial charge in [0.15, 0.2) is 5.60 Å². The number of hydrogen-bond donors (Lipinski definition) is 2. The SMILES string of the molecule is Cc1c(C)c2c(c(C)c1O)CCC(C)(C(=O)N1CCCC(N)C1)O2.Cl. The van der Waals surface area contributed by atoms with Crippen LogP contribution < -0.4 is 10.5 Å². The lowest BCUT2D eigenvalue weighted by atomic mass is 9.86. The van der Waals surface area contributed by atoms with Gasteiger partial charge in [-0.1, -0.05) is 0 Å². The zero-order valence-electron chi connectivity index (χ0n) is 15.5. The zero-order valence-corrected chi connectivity index (χ0v) is 16.3. The molecule has 1 aromatic rings. The van der Waals surface area contributed by atoms with Crippen LogP contribution in [0.15, 0.2) is 0 Å². The highest BCUT2D eigenvalue weighted by Gasteiger charge is 2.43. The summed E-state index contributed by atoms with van der Waals surface area (Å²) >= 11 is 0. The van der Waals surface area contributed by atoms with Crippen LogP contribution in [0, 0.1) is 20.8 Å². The molecule has 2 aliphatic rings. The third-order valence-corrected chi connectivity index (χ3v) is 5.72. The summed E-state index contributed by atoms with van der Waals surface area (Å²) in [5.74, 6) is 1.14. The van der Waals surface area contributed by atoms with Crippen LogP contribution in [0.1, 0.15) is 48.4 Å². The van der Waals surface area contributed by atoms with Gasteiger partial charge in [-0.05, 0) is 63.6 Å². The Balaban J connectivity index is 0.00000225. The summed E-state index contributed by atoms with van der Waals surface area (Å²) in [5.41, 5.74) is 8.80. The summed E-state index contributed by atoms with van der Waals surface area (Å²) in [6, 6.07) is 0.0605. The van der Waals surface area contributed by atoms with E-state index in [0.29, 0.717) is 18.7 Å². The van der Waals surface area contributed by atoms with E-state index in [9.17, 15) is 9.90 Å². The molecule has 140 valence electrons. The smallest absolute Gasteiger partial charge is 0.266 e. The number of piperidine rings is 1. The Morgan fingerprint density at radius 1 is 1.28 bits per heavy atom. The number of carbonyl (C=O) groups is 1. The van der Waals surface area contributed by atoms with Gasteiger partial charge in [-0.15, -0.1) is 12.4 Å². The molecule has 2 aliphatic heterocycles. The third-order valence-electron chi connectivity index (χ3n) is 5.72. The number of hydrogen-bond acceptors (Lipinski definition) is 4. The minimum absolute atomic E-state index is 0. The number of nitrogens with zero attached hydrogens (tertiary/aromatic N) is 1. The lowest BCUT2D eigenvalue weighted by Gasteiger charge is -2.41. The summed E-state index contributed by atoms with van der Waals surface area (Å²) < 4.78 is 6.27. The largest absolute Gasteiger partial charge is 0.507 e. The standard InChI is InChI=1S/C19H28N2O3.ClH/c1-11-12(2)17-15(13(3)16(11)22)7-8-19(4,24-17)18(23)21-9-5-6-14(20)10-21;/h14,22H,5-10,20H2,1-4H3;1H. The Morgan fingerprint density at radius 2 is 1.96 bits per heavy atom. The molecule has 0 aliphatic carbocycles. The van der Waals surface area contributed by atoms with Crippen molar-refractivity contribution < 1.29 is 14.6 Å². The monoisotopic (exact) mass is 368 g/mol. The first-order valence-corrected chi connectivity index (χ1v) is 8.80. The Morgan fingerprint density at radius 3 is 2.60 bits per heavy atom. The van der Waals surface area contributed by atoms with E-state index in [0.717, 1.165) is 53.8 Å². The molecule has 0 aromatic heterocycles. The fourth-order valence-corrected chi connectivity index (χ4v) is 3.93. The molecule has 3 N–H and O–H groups in total. The maximum atomic E-state index is 13.1. The van der Waals surface area contributed by atoms with Gasteiger partial charge in [0.1, 0.15) is 11.5 Å². The highest BCUT2D eigenvalue weighted by Crippen LogP contribution is 2.43. The van der Waals surface area contributed by atoms with Crippen molar-refractivity contribution in [2.75, 3.05) is 13.1 Å². The van der Waals surface area contributed by atoms with Crippen molar-refractivity contribution in [2.45, 2.75) is 65.0 Å². The predicted octanol–water partition coefficient (Wildman–Crippen LogP) is 2.77. The zero-order chi connectivity index (χ0) is 17.6. The van der Waals surface area contributed by atoms with E-state index >= 15 is 0 Å². The Hall–Kier alpha value is -1.46. The number of ether oxygens (including phenoxy) is 1. The Kier molecular flexibility index (Phi) is 5.59. The average molecular weight is 369 g/mol. The number of phenolic OH excluding ortho intramolecular Hbond substituents is 1. The number of amides is 1. The van der Waals surface area contributed by atoms with Crippen LogP contribution in [0.5, 0.6) is 11.5 Å². The van der Waals surface area contributed by atoms with Gasteiger partial charge >= 0.3 is 0 Å². The maximum absolute atomic E-state index is 13.1. The van der Waals surface area contributed by atoms with Gasteiger partial charge in [0.05, 0.1) is 0 Å². The highest BCUT2D eigenvalue weighted by molar-refractivity contribution is 5.86. The molecule has 2 heterocycles. The summed E-state index contributed by atoms with van der Waals surface area (Å²) in [6.07, 6.45) is 3.27. The highest BCUT2D eigenvalue weighted by atomic mass is 35.5. The molecule has 2 unspecified atom stereocenters. The molecule has 3 rings (SSSR count). The lowest BCUT2D eigenvalue weighted by molar-refractivity contribution is -0.149. The van der Waals surface area contributed by atoms with E-state index in [2.05, 4.69) is 0 Å². The molecule has 5 nitrogen and oxygen atoms in total. The first-order chi connectivity index (χ1) is 11.2.